The highest BCUT2D eigenvalue weighted by Gasteiger charge is 2.41. The van der Waals surface area contributed by atoms with Gasteiger partial charge in [-0.05, 0) is 48.6 Å². The van der Waals surface area contributed by atoms with E-state index in [4.69, 9.17) is 44.6 Å². The molecule has 0 aliphatic carbocycles. The summed E-state index contributed by atoms with van der Waals surface area (Å²) in [4.78, 5) is 18.2. The lowest BCUT2D eigenvalue weighted by atomic mass is 10.0. The number of thiocarbonyl (C=S) groups is 1. The molecule has 31 heavy (non-hydrogen) atoms. The zero-order valence-corrected chi connectivity index (χ0v) is 18.9. The summed E-state index contributed by atoms with van der Waals surface area (Å²) in [6.07, 6.45) is 1.92. The van der Waals surface area contributed by atoms with Gasteiger partial charge in [-0.3, -0.25) is 9.78 Å². The maximum Gasteiger partial charge on any atom is 0.307 e. The fourth-order valence-corrected chi connectivity index (χ4v) is 4.35. The number of aromatic nitrogens is 1. The van der Waals surface area contributed by atoms with E-state index in [0.717, 1.165) is 5.69 Å². The van der Waals surface area contributed by atoms with E-state index < -0.39 is 0 Å². The third kappa shape index (κ3) is 4.39. The van der Waals surface area contributed by atoms with Crippen LogP contribution in [0.4, 0.5) is 0 Å². The number of nitrogens with zero attached hydrogens (tertiary/aromatic N) is 2. The highest BCUT2D eigenvalue weighted by atomic mass is 35.5. The van der Waals surface area contributed by atoms with Gasteiger partial charge < -0.3 is 19.4 Å². The minimum absolute atomic E-state index is 0.192. The van der Waals surface area contributed by atoms with Gasteiger partial charge >= 0.3 is 5.97 Å². The summed E-state index contributed by atoms with van der Waals surface area (Å²) < 4.78 is 11.0. The Morgan fingerprint density at radius 3 is 2.81 bits per heavy atom. The number of carbonyl (C=O) groups excluding carboxylic acids is 1. The Kier molecular flexibility index (Phi) is 6.46. The van der Waals surface area contributed by atoms with Gasteiger partial charge in [0.15, 0.2) is 5.11 Å². The number of rotatable bonds is 6. The lowest BCUT2D eigenvalue weighted by Crippen LogP contribution is -2.31. The van der Waals surface area contributed by atoms with E-state index >= 15 is 0 Å². The largest absolute Gasteiger partial charge is 0.469 e. The number of pyridine rings is 1. The van der Waals surface area contributed by atoms with Crippen molar-refractivity contribution in [3.05, 3.63) is 76.2 Å². The second-order valence-corrected chi connectivity index (χ2v) is 8.12. The third-order valence-corrected chi connectivity index (χ3v) is 6.29. The van der Waals surface area contributed by atoms with Crippen LogP contribution in [0.1, 0.15) is 30.0 Å². The average Bonchev–Trinajstić information content (AvgIpc) is 3.39. The van der Waals surface area contributed by atoms with Gasteiger partial charge in [0, 0.05) is 18.3 Å². The number of carbonyl (C=O) groups is 1. The van der Waals surface area contributed by atoms with Gasteiger partial charge in [0.2, 0.25) is 0 Å². The van der Waals surface area contributed by atoms with E-state index in [2.05, 4.69) is 10.3 Å². The van der Waals surface area contributed by atoms with Gasteiger partial charge in [-0.2, -0.15) is 0 Å². The van der Waals surface area contributed by atoms with Crippen molar-refractivity contribution >= 4 is 46.5 Å². The van der Waals surface area contributed by atoms with Crippen LogP contribution in [0.3, 0.4) is 0 Å². The molecule has 2 aromatic heterocycles. The first-order valence-corrected chi connectivity index (χ1v) is 10.7. The molecule has 0 amide bonds. The van der Waals surface area contributed by atoms with Gasteiger partial charge in [-0.25, -0.2) is 0 Å². The molecule has 1 saturated heterocycles. The Morgan fingerprint density at radius 2 is 2.06 bits per heavy atom. The molecule has 1 aliphatic heterocycles. The fourth-order valence-electron chi connectivity index (χ4n) is 3.62. The zero-order valence-electron chi connectivity index (χ0n) is 16.5. The number of benzene rings is 1. The predicted molar refractivity (Wildman–Crippen MR) is 123 cm³/mol. The van der Waals surface area contributed by atoms with Crippen molar-refractivity contribution in [2.24, 2.45) is 0 Å². The number of furan rings is 1. The molecule has 1 N–H and O–H groups in total. The van der Waals surface area contributed by atoms with Crippen molar-refractivity contribution in [1.82, 2.24) is 15.2 Å². The second kappa shape index (κ2) is 9.26. The number of methoxy groups -OCH3 is 1. The molecule has 6 nitrogen and oxygen atoms in total. The Hall–Kier alpha value is -2.61. The Balaban J connectivity index is 1.71. The Labute approximate surface area is 195 Å². The van der Waals surface area contributed by atoms with Gasteiger partial charge in [-0.1, -0.05) is 35.3 Å². The number of ether oxygens (including phenoxy) is 1. The van der Waals surface area contributed by atoms with E-state index in [0.29, 0.717) is 38.8 Å². The smallest absolute Gasteiger partial charge is 0.307 e. The number of halogens is 2. The van der Waals surface area contributed by atoms with Crippen LogP contribution in [0.5, 0.6) is 0 Å². The summed E-state index contributed by atoms with van der Waals surface area (Å²) in [5.41, 5.74) is 1.51. The summed E-state index contributed by atoms with van der Waals surface area (Å²) in [6.45, 7) is 0.375. The molecule has 1 fully saturated rings. The van der Waals surface area contributed by atoms with E-state index in [1.807, 2.05) is 47.4 Å². The van der Waals surface area contributed by atoms with Crippen LogP contribution >= 0.6 is 35.4 Å². The average molecular weight is 476 g/mol. The molecule has 0 radical (unpaired) electrons. The molecule has 3 aromatic rings. The lowest BCUT2D eigenvalue weighted by Gasteiger charge is -2.25. The predicted octanol–water partition coefficient (Wildman–Crippen LogP) is 5.18. The highest BCUT2D eigenvalue weighted by molar-refractivity contribution is 7.80. The minimum Gasteiger partial charge on any atom is -0.469 e. The van der Waals surface area contributed by atoms with Crippen molar-refractivity contribution < 1.29 is 13.9 Å². The SMILES string of the molecule is COC(=O)CCN1C(=S)N[C@H](c2ccccn2)[C@@H]1c1ccc(-c2cccc(Cl)c2Cl)o1. The molecule has 3 heterocycles. The first-order valence-electron chi connectivity index (χ1n) is 9.58. The first kappa shape index (κ1) is 21.6. The van der Waals surface area contributed by atoms with Crippen molar-refractivity contribution in [3.63, 3.8) is 0 Å². The number of esters is 1. The van der Waals surface area contributed by atoms with Crippen LogP contribution in [-0.4, -0.2) is 34.6 Å². The van der Waals surface area contributed by atoms with Crippen LogP contribution in [0, 0.1) is 0 Å². The van der Waals surface area contributed by atoms with Crippen LogP contribution in [-0.2, 0) is 9.53 Å². The normalized spacial score (nSPS) is 18.2. The van der Waals surface area contributed by atoms with Gasteiger partial charge in [0.05, 0.1) is 35.3 Å². The van der Waals surface area contributed by atoms with Crippen LogP contribution in [0.25, 0.3) is 11.3 Å². The molecule has 0 unspecified atom stereocenters. The molecule has 160 valence electrons. The quantitative estimate of drug-likeness (QED) is 0.388. The topological polar surface area (TPSA) is 67.6 Å². The highest BCUT2D eigenvalue weighted by Crippen LogP contribution is 2.42. The number of hydrogen-bond acceptors (Lipinski definition) is 5. The summed E-state index contributed by atoms with van der Waals surface area (Å²) >= 11 is 18.1. The molecule has 0 bridgehead atoms. The Morgan fingerprint density at radius 1 is 1.23 bits per heavy atom. The van der Waals surface area contributed by atoms with Crippen molar-refractivity contribution in [1.29, 1.82) is 0 Å². The van der Waals surface area contributed by atoms with Gasteiger partial charge in [-0.15, -0.1) is 0 Å². The van der Waals surface area contributed by atoms with Gasteiger partial charge in [0.1, 0.15) is 17.6 Å². The molecular formula is C22H19Cl2N3O3S. The zero-order chi connectivity index (χ0) is 22.0. The second-order valence-electron chi connectivity index (χ2n) is 6.95. The molecule has 2 atom stereocenters. The lowest BCUT2D eigenvalue weighted by molar-refractivity contribution is -0.140. The fraction of sp³-hybridized carbons (Fsp3) is 0.227. The monoisotopic (exact) mass is 475 g/mol. The van der Waals surface area contributed by atoms with Crippen LogP contribution in [0.2, 0.25) is 10.0 Å². The molecule has 9 heteroatoms. The van der Waals surface area contributed by atoms with Crippen molar-refractivity contribution in [2.75, 3.05) is 13.7 Å². The third-order valence-electron chi connectivity index (χ3n) is 5.12. The van der Waals surface area contributed by atoms with Gasteiger partial charge in [0.25, 0.3) is 0 Å². The minimum atomic E-state index is -0.311. The van der Waals surface area contributed by atoms with Crippen molar-refractivity contribution in [2.45, 2.75) is 18.5 Å². The van der Waals surface area contributed by atoms with E-state index in [1.54, 1.807) is 12.3 Å². The maximum atomic E-state index is 11.8. The summed E-state index contributed by atoms with van der Waals surface area (Å²) in [7, 11) is 1.37. The summed E-state index contributed by atoms with van der Waals surface area (Å²) in [5.74, 6) is 0.945. The Bertz CT molecular complexity index is 1110. The molecule has 0 spiro atoms. The summed E-state index contributed by atoms with van der Waals surface area (Å²) in [5, 5.41) is 4.71. The molecule has 4 rings (SSSR count). The summed E-state index contributed by atoms with van der Waals surface area (Å²) in [6, 6.07) is 14.3. The van der Waals surface area contributed by atoms with E-state index in [9.17, 15) is 4.79 Å². The van der Waals surface area contributed by atoms with Crippen LogP contribution in [0.15, 0.2) is 59.1 Å². The number of hydrogen-bond donors (Lipinski definition) is 1. The van der Waals surface area contributed by atoms with E-state index in [1.165, 1.54) is 7.11 Å². The number of nitrogens with one attached hydrogen (secondary N) is 1. The molecule has 1 aromatic carbocycles. The molecule has 0 saturated carbocycles. The maximum absolute atomic E-state index is 11.8. The first-order chi connectivity index (χ1) is 15.0. The standard InChI is InChI=1S/C22H19Cl2N3O3S/c1-29-18(28)10-12-27-21(20(26-22(27)31)15-7-2-3-11-25-15)17-9-8-16(30-17)13-5-4-6-14(23)19(13)24/h2-9,11,20-21H,10,12H2,1H3,(H,26,31)/t20-,21+/m1/s1. The molecule has 1 aliphatic rings. The van der Waals surface area contributed by atoms with Crippen molar-refractivity contribution in [3.8, 4) is 11.3 Å². The van der Waals surface area contributed by atoms with E-state index in [-0.39, 0.29) is 24.5 Å². The van der Waals surface area contributed by atoms with Crippen LogP contribution < -0.4 is 5.32 Å². The molecular weight excluding hydrogens is 457 g/mol.